The normalized spacial score (nSPS) is 12.3. The lowest BCUT2D eigenvalue weighted by Gasteiger charge is -2.19. The molecule has 4 aromatic rings. The van der Waals surface area contributed by atoms with Crippen LogP contribution in [0.15, 0.2) is 89.8 Å². The number of nitrogens with zero attached hydrogens (tertiary/aromatic N) is 1. The summed E-state index contributed by atoms with van der Waals surface area (Å²) in [5.41, 5.74) is 3.46. The van der Waals surface area contributed by atoms with Gasteiger partial charge in [-0.1, -0.05) is 78.4 Å². The molecule has 0 unspecified atom stereocenters. The zero-order valence-electron chi connectivity index (χ0n) is 18.9. The molecule has 1 atom stereocenters. The molecule has 0 radical (unpaired) electrons. The van der Waals surface area contributed by atoms with E-state index in [-0.39, 0.29) is 17.2 Å². The van der Waals surface area contributed by atoms with Crippen LogP contribution in [0.25, 0.3) is 11.3 Å². The predicted octanol–water partition coefficient (Wildman–Crippen LogP) is 5.48. The van der Waals surface area contributed by atoms with Crippen LogP contribution in [-0.2, 0) is 14.8 Å². The van der Waals surface area contributed by atoms with Crippen molar-refractivity contribution in [2.75, 3.05) is 5.32 Å². The number of carbonyl (C=O) groups is 1. The summed E-state index contributed by atoms with van der Waals surface area (Å²) < 4.78 is 28.7. The Kier molecular flexibility index (Phi) is 7.21. The fourth-order valence-electron chi connectivity index (χ4n) is 3.56. The average Bonchev–Trinajstić information content (AvgIpc) is 3.19. The molecular formula is C26H25N3O3S2. The fourth-order valence-corrected chi connectivity index (χ4v) is 5.63. The molecule has 1 amide bonds. The first-order chi connectivity index (χ1) is 16.3. The second-order valence-electron chi connectivity index (χ2n) is 7.94. The highest BCUT2D eigenvalue weighted by Gasteiger charge is 2.24. The summed E-state index contributed by atoms with van der Waals surface area (Å²) in [6.45, 7) is 3.85. The quantitative estimate of drug-likeness (QED) is 0.342. The Morgan fingerprint density at radius 1 is 0.912 bits per heavy atom. The SMILES string of the molecule is Cc1ccc(S(=O)(=O)N[C@H](CC(=O)Nc2nc(-c3ccccc3)c(C)s2)c2ccccc2)cc1. The standard InChI is InChI=1S/C26H25N3O3S2/c1-18-13-15-22(16-14-18)34(31,32)29-23(20-9-5-3-6-10-20)17-24(30)27-26-28-25(19(2)33-26)21-11-7-4-8-12-21/h3-16,23,29H,17H2,1-2H3,(H,27,28,30)/t23-/m1/s1. The topological polar surface area (TPSA) is 88.2 Å². The van der Waals surface area contributed by atoms with E-state index >= 15 is 0 Å². The Hall–Kier alpha value is -3.33. The van der Waals surface area contributed by atoms with Crippen LogP contribution in [0.3, 0.4) is 0 Å². The number of hydrogen-bond acceptors (Lipinski definition) is 5. The molecule has 34 heavy (non-hydrogen) atoms. The lowest BCUT2D eigenvalue weighted by atomic mass is 10.0. The third-order valence-electron chi connectivity index (χ3n) is 5.31. The summed E-state index contributed by atoms with van der Waals surface area (Å²) in [4.78, 5) is 18.7. The number of benzene rings is 3. The second-order valence-corrected chi connectivity index (χ2v) is 10.9. The van der Waals surface area contributed by atoms with Crippen molar-refractivity contribution in [1.29, 1.82) is 0 Å². The molecule has 174 valence electrons. The molecule has 0 spiro atoms. The van der Waals surface area contributed by atoms with Gasteiger partial charge < -0.3 is 5.32 Å². The molecular weight excluding hydrogens is 466 g/mol. The number of thiazole rings is 1. The van der Waals surface area contributed by atoms with E-state index in [1.165, 1.54) is 11.3 Å². The van der Waals surface area contributed by atoms with E-state index in [4.69, 9.17) is 0 Å². The largest absolute Gasteiger partial charge is 0.302 e. The van der Waals surface area contributed by atoms with Crippen LogP contribution >= 0.6 is 11.3 Å². The van der Waals surface area contributed by atoms with Gasteiger partial charge in [0.05, 0.1) is 16.6 Å². The number of hydrogen-bond donors (Lipinski definition) is 2. The molecule has 1 aromatic heterocycles. The highest BCUT2D eigenvalue weighted by Crippen LogP contribution is 2.30. The van der Waals surface area contributed by atoms with E-state index in [0.29, 0.717) is 10.7 Å². The molecule has 6 nitrogen and oxygen atoms in total. The fraction of sp³-hybridized carbons (Fsp3) is 0.154. The number of anilines is 1. The summed E-state index contributed by atoms with van der Waals surface area (Å²) in [6.07, 6.45) is -0.0750. The Labute approximate surface area is 203 Å². The molecule has 0 aliphatic heterocycles. The van der Waals surface area contributed by atoms with Gasteiger partial charge in [-0.2, -0.15) is 0 Å². The molecule has 8 heteroatoms. The van der Waals surface area contributed by atoms with E-state index in [9.17, 15) is 13.2 Å². The predicted molar refractivity (Wildman–Crippen MR) is 136 cm³/mol. The Bertz CT molecular complexity index is 1370. The number of rotatable bonds is 8. The van der Waals surface area contributed by atoms with Gasteiger partial charge in [0.15, 0.2) is 5.13 Å². The minimum Gasteiger partial charge on any atom is -0.302 e. The van der Waals surface area contributed by atoms with Crippen LogP contribution in [0.2, 0.25) is 0 Å². The van der Waals surface area contributed by atoms with Crippen molar-refractivity contribution in [2.45, 2.75) is 31.2 Å². The molecule has 3 aromatic carbocycles. The van der Waals surface area contributed by atoms with Crippen LogP contribution in [0.1, 0.15) is 28.5 Å². The first-order valence-corrected chi connectivity index (χ1v) is 13.1. The van der Waals surface area contributed by atoms with E-state index in [0.717, 1.165) is 21.7 Å². The first-order valence-electron chi connectivity index (χ1n) is 10.8. The molecule has 0 bridgehead atoms. The monoisotopic (exact) mass is 491 g/mol. The number of sulfonamides is 1. The summed E-state index contributed by atoms with van der Waals surface area (Å²) in [5, 5.41) is 3.32. The van der Waals surface area contributed by atoms with Crippen molar-refractivity contribution in [2.24, 2.45) is 0 Å². The summed E-state index contributed by atoms with van der Waals surface area (Å²) in [7, 11) is -3.82. The smallest absolute Gasteiger partial charge is 0.241 e. The van der Waals surface area contributed by atoms with Gasteiger partial charge in [0.1, 0.15) is 0 Å². The molecule has 0 saturated heterocycles. The van der Waals surface area contributed by atoms with Crippen molar-refractivity contribution in [3.05, 3.63) is 101 Å². The van der Waals surface area contributed by atoms with E-state index in [2.05, 4.69) is 15.0 Å². The highest BCUT2D eigenvalue weighted by atomic mass is 32.2. The minimum absolute atomic E-state index is 0.0750. The van der Waals surface area contributed by atoms with Crippen LogP contribution in [0, 0.1) is 13.8 Å². The summed E-state index contributed by atoms with van der Waals surface area (Å²) in [6, 6.07) is 24.7. The van der Waals surface area contributed by atoms with Gasteiger partial charge in [-0.15, -0.1) is 11.3 Å². The third-order valence-corrected chi connectivity index (χ3v) is 7.68. The van der Waals surface area contributed by atoms with E-state index < -0.39 is 16.1 Å². The maximum atomic E-state index is 13.0. The Balaban J connectivity index is 1.53. The van der Waals surface area contributed by atoms with E-state index in [1.54, 1.807) is 36.4 Å². The van der Waals surface area contributed by atoms with E-state index in [1.807, 2.05) is 62.4 Å². The van der Waals surface area contributed by atoms with Gasteiger partial charge in [-0.05, 0) is 31.5 Å². The van der Waals surface area contributed by atoms with Crippen molar-refractivity contribution in [3.63, 3.8) is 0 Å². The number of carbonyl (C=O) groups excluding carboxylic acids is 1. The lowest BCUT2D eigenvalue weighted by molar-refractivity contribution is -0.116. The van der Waals surface area contributed by atoms with Crippen molar-refractivity contribution in [3.8, 4) is 11.3 Å². The van der Waals surface area contributed by atoms with Crippen molar-refractivity contribution < 1.29 is 13.2 Å². The molecule has 1 heterocycles. The van der Waals surface area contributed by atoms with Crippen molar-refractivity contribution >= 4 is 32.4 Å². The Morgan fingerprint density at radius 3 is 2.18 bits per heavy atom. The number of amides is 1. The van der Waals surface area contributed by atoms with Gasteiger partial charge in [-0.25, -0.2) is 18.1 Å². The zero-order valence-corrected chi connectivity index (χ0v) is 20.5. The van der Waals surface area contributed by atoms with Crippen LogP contribution in [0.5, 0.6) is 0 Å². The van der Waals surface area contributed by atoms with Crippen molar-refractivity contribution in [1.82, 2.24) is 9.71 Å². The maximum Gasteiger partial charge on any atom is 0.241 e. The number of aromatic nitrogens is 1. The Morgan fingerprint density at radius 2 is 1.53 bits per heavy atom. The molecule has 0 aliphatic rings. The van der Waals surface area contributed by atoms with Gasteiger partial charge in [0.25, 0.3) is 0 Å². The van der Waals surface area contributed by atoms with Crippen LogP contribution in [-0.4, -0.2) is 19.3 Å². The molecule has 0 fully saturated rings. The van der Waals surface area contributed by atoms with Gasteiger partial charge in [-0.3, -0.25) is 4.79 Å². The van der Waals surface area contributed by atoms with Gasteiger partial charge in [0, 0.05) is 16.9 Å². The third kappa shape index (κ3) is 5.77. The highest BCUT2D eigenvalue weighted by molar-refractivity contribution is 7.89. The minimum atomic E-state index is -3.82. The summed E-state index contributed by atoms with van der Waals surface area (Å²) in [5.74, 6) is -0.325. The second kappa shape index (κ2) is 10.3. The molecule has 4 rings (SSSR count). The molecule has 2 N–H and O–H groups in total. The number of aryl methyl sites for hydroxylation is 2. The molecule has 0 saturated carbocycles. The average molecular weight is 492 g/mol. The van der Waals surface area contributed by atoms with Crippen LogP contribution in [0.4, 0.5) is 5.13 Å². The van der Waals surface area contributed by atoms with Gasteiger partial charge in [0.2, 0.25) is 15.9 Å². The van der Waals surface area contributed by atoms with Gasteiger partial charge >= 0.3 is 0 Å². The maximum absolute atomic E-state index is 13.0. The number of nitrogens with one attached hydrogen (secondary N) is 2. The molecule has 0 aliphatic carbocycles. The first kappa shape index (κ1) is 23.8. The lowest BCUT2D eigenvalue weighted by Crippen LogP contribution is -2.31. The van der Waals surface area contributed by atoms with Crippen LogP contribution < -0.4 is 10.0 Å². The zero-order chi connectivity index (χ0) is 24.1. The summed E-state index contributed by atoms with van der Waals surface area (Å²) >= 11 is 1.39.